The maximum atomic E-state index is 12.6. The number of hydrogen-bond acceptors (Lipinski definition) is 6. The normalized spacial score (nSPS) is 17.2. The van der Waals surface area contributed by atoms with E-state index in [2.05, 4.69) is 20.4 Å². The number of phenolic OH excluding ortho intramolecular Hbond substituents is 1. The average Bonchev–Trinajstić information content (AvgIpc) is 3.19. The minimum Gasteiger partial charge on any atom is -0.506 e. The van der Waals surface area contributed by atoms with Crippen LogP contribution >= 0.6 is 0 Å². The first-order valence-corrected chi connectivity index (χ1v) is 9.79. The van der Waals surface area contributed by atoms with Crippen LogP contribution in [0.2, 0.25) is 0 Å². The molecular weight excluding hydrogens is 368 g/mol. The van der Waals surface area contributed by atoms with Crippen molar-refractivity contribution < 1.29 is 14.4 Å². The highest BCUT2D eigenvalue weighted by molar-refractivity contribution is 5.94. The molecule has 0 bridgehead atoms. The molecule has 0 aliphatic carbocycles. The zero-order valence-corrected chi connectivity index (χ0v) is 16.3. The highest BCUT2D eigenvalue weighted by Crippen LogP contribution is 2.25. The Bertz CT molecular complexity index is 984. The molecule has 0 spiro atoms. The highest BCUT2D eigenvalue weighted by atomic mass is 16.5. The molecule has 4 rings (SSSR count). The van der Waals surface area contributed by atoms with E-state index in [1.807, 2.05) is 31.2 Å². The first-order valence-electron chi connectivity index (χ1n) is 9.79. The molecule has 3 aromatic rings. The van der Waals surface area contributed by atoms with Gasteiger partial charge in [0, 0.05) is 12.1 Å². The summed E-state index contributed by atoms with van der Waals surface area (Å²) in [4.78, 5) is 19.3. The lowest BCUT2D eigenvalue weighted by molar-refractivity contribution is -0.121. The van der Waals surface area contributed by atoms with E-state index in [4.69, 9.17) is 4.52 Å². The Morgan fingerprint density at radius 1 is 1.24 bits per heavy atom. The van der Waals surface area contributed by atoms with Crippen LogP contribution in [0.1, 0.15) is 24.2 Å². The Balaban J connectivity index is 1.37. The quantitative estimate of drug-likeness (QED) is 0.645. The second-order valence-corrected chi connectivity index (χ2v) is 7.46. The Kier molecular flexibility index (Phi) is 5.57. The lowest BCUT2D eigenvalue weighted by Crippen LogP contribution is -2.40. The number of aryl methyl sites for hydroxylation is 1. The van der Waals surface area contributed by atoms with Crippen LogP contribution in [0.15, 0.2) is 53.1 Å². The monoisotopic (exact) mass is 392 g/mol. The van der Waals surface area contributed by atoms with Crippen molar-refractivity contribution in [2.45, 2.75) is 26.3 Å². The first-order chi connectivity index (χ1) is 14.1. The summed E-state index contributed by atoms with van der Waals surface area (Å²) in [7, 11) is 0. The van der Waals surface area contributed by atoms with E-state index in [9.17, 15) is 9.90 Å². The van der Waals surface area contributed by atoms with E-state index in [1.54, 1.807) is 24.3 Å². The van der Waals surface area contributed by atoms with Gasteiger partial charge in [0.2, 0.25) is 5.91 Å². The van der Waals surface area contributed by atoms with Crippen LogP contribution in [0.4, 0.5) is 5.69 Å². The van der Waals surface area contributed by atoms with Crippen LogP contribution in [0.25, 0.3) is 11.5 Å². The van der Waals surface area contributed by atoms with Gasteiger partial charge in [-0.15, -0.1) is 0 Å². The van der Waals surface area contributed by atoms with Crippen LogP contribution in [0.3, 0.4) is 0 Å². The summed E-state index contributed by atoms with van der Waals surface area (Å²) in [6.45, 7) is 4.07. The van der Waals surface area contributed by atoms with Crippen molar-refractivity contribution in [1.82, 2.24) is 15.0 Å². The summed E-state index contributed by atoms with van der Waals surface area (Å²) in [5.74, 6) is 0.966. The fourth-order valence-corrected chi connectivity index (χ4v) is 3.56. The van der Waals surface area contributed by atoms with Crippen LogP contribution in [0.5, 0.6) is 5.75 Å². The molecule has 1 amide bonds. The summed E-state index contributed by atoms with van der Waals surface area (Å²) in [6, 6.07) is 14.7. The first kappa shape index (κ1) is 19.1. The van der Waals surface area contributed by atoms with Crippen LogP contribution in [-0.2, 0) is 11.3 Å². The molecule has 1 unspecified atom stereocenters. The van der Waals surface area contributed by atoms with Crippen LogP contribution in [0, 0.1) is 12.8 Å². The summed E-state index contributed by atoms with van der Waals surface area (Å²) in [6.07, 6.45) is 1.73. The van der Waals surface area contributed by atoms with E-state index < -0.39 is 0 Å². The van der Waals surface area contributed by atoms with Gasteiger partial charge in [0.15, 0.2) is 5.82 Å². The van der Waals surface area contributed by atoms with Gasteiger partial charge in [-0.1, -0.05) is 35.0 Å². The van der Waals surface area contributed by atoms with Crippen molar-refractivity contribution in [3.63, 3.8) is 0 Å². The van der Waals surface area contributed by atoms with Gasteiger partial charge >= 0.3 is 0 Å². The van der Waals surface area contributed by atoms with E-state index in [0.29, 0.717) is 30.5 Å². The zero-order chi connectivity index (χ0) is 20.2. The fourth-order valence-electron chi connectivity index (χ4n) is 3.56. The van der Waals surface area contributed by atoms with Crippen molar-refractivity contribution in [1.29, 1.82) is 0 Å². The minimum absolute atomic E-state index is 0.0731. The Morgan fingerprint density at radius 2 is 2.03 bits per heavy atom. The second kappa shape index (κ2) is 8.45. The van der Waals surface area contributed by atoms with Gasteiger partial charge in [-0.2, -0.15) is 4.98 Å². The Hall–Kier alpha value is -3.19. The number of carbonyl (C=O) groups is 1. The number of para-hydroxylation sites is 2. The zero-order valence-electron chi connectivity index (χ0n) is 16.3. The highest BCUT2D eigenvalue weighted by Gasteiger charge is 2.27. The predicted octanol–water partition coefficient (Wildman–Crippen LogP) is 3.60. The molecule has 1 atom stereocenters. The van der Waals surface area contributed by atoms with Gasteiger partial charge in [-0.05, 0) is 50.6 Å². The Labute approximate surface area is 169 Å². The van der Waals surface area contributed by atoms with E-state index in [1.165, 1.54) is 5.56 Å². The topological polar surface area (TPSA) is 91.5 Å². The van der Waals surface area contributed by atoms with E-state index in [-0.39, 0.29) is 17.6 Å². The number of hydrogen-bond donors (Lipinski definition) is 2. The summed E-state index contributed by atoms with van der Waals surface area (Å²) < 4.78 is 5.40. The largest absolute Gasteiger partial charge is 0.506 e. The predicted molar refractivity (Wildman–Crippen MR) is 109 cm³/mol. The molecule has 2 N–H and O–H groups in total. The van der Waals surface area contributed by atoms with Gasteiger partial charge in [0.05, 0.1) is 18.2 Å². The molecule has 7 heteroatoms. The Morgan fingerprint density at radius 3 is 2.83 bits per heavy atom. The molecule has 1 aliphatic rings. The van der Waals surface area contributed by atoms with Crippen molar-refractivity contribution in [2.75, 3.05) is 18.4 Å². The van der Waals surface area contributed by atoms with E-state index >= 15 is 0 Å². The molecule has 0 saturated carbocycles. The number of rotatable bonds is 5. The molecule has 1 aromatic heterocycles. The standard InChI is InChI=1S/C22H24N4O3/c1-15-8-10-16(11-9-15)22-24-20(25-29-22)14-26-12-4-5-17(13-26)21(28)23-18-6-2-3-7-19(18)27/h2-3,6-11,17,27H,4-5,12-14H2,1H3,(H,23,28). The molecular formula is C22H24N4O3. The van der Waals surface area contributed by atoms with Gasteiger partial charge in [0.25, 0.3) is 5.89 Å². The molecule has 1 saturated heterocycles. The number of aromatic nitrogens is 2. The maximum Gasteiger partial charge on any atom is 0.257 e. The number of amides is 1. The number of likely N-dealkylation sites (tertiary alicyclic amines) is 1. The van der Waals surface area contributed by atoms with E-state index in [0.717, 1.165) is 24.9 Å². The van der Waals surface area contributed by atoms with Crippen LogP contribution in [-0.4, -0.2) is 39.1 Å². The van der Waals surface area contributed by atoms with Crippen molar-refractivity contribution in [2.24, 2.45) is 5.92 Å². The van der Waals surface area contributed by atoms with Gasteiger partial charge in [0.1, 0.15) is 5.75 Å². The second-order valence-electron chi connectivity index (χ2n) is 7.46. The molecule has 2 aromatic carbocycles. The molecule has 1 aliphatic heterocycles. The van der Waals surface area contributed by atoms with Gasteiger partial charge < -0.3 is 14.9 Å². The van der Waals surface area contributed by atoms with Crippen molar-refractivity contribution >= 4 is 11.6 Å². The number of piperidine rings is 1. The third kappa shape index (κ3) is 4.63. The maximum absolute atomic E-state index is 12.6. The molecule has 150 valence electrons. The lowest BCUT2D eigenvalue weighted by Gasteiger charge is -2.31. The van der Waals surface area contributed by atoms with Gasteiger partial charge in [-0.25, -0.2) is 0 Å². The summed E-state index contributed by atoms with van der Waals surface area (Å²) >= 11 is 0. The third-order valence-corrected chi connectivity index (χ3v) is 5.17. The molecule has 0 radical (unpaired) electrons. The van der Waals surface area contributed by atoms with Crippen LogP contribution < -0.4 is 5.32 Å². The minimum atomic E-state index is -0.146. The fraction of sp³-hybridized carbons (Fsp3) is 0.318. The average molecular weight is 392 g/mol. The summed E-state index contributed by atoms with van der Waals surface area (Å²) in [5, 5.41) is 16.8. The lowest BCUT2D eigenvalue weighted by atomic mass is 9.97. The third-order valence-electron chi connectivity index (χ3n) is 5.17. The smallest absolute Gasteiger partial charge is 0.257 e. The molecule has 7 nitrogen and oxygen atoms in total. The number of phenols is 1. The molecule has 29 heavy (non-hydrogen) atoms. The SMILES string of the molecule is Cc1ccc(-c2nc(CN3CCCC(C(=O)Nc4ccccc4O)C3)no2)cc1. The number of carbonyl (C=O) groups excluding carboxylic acids is 1. The van der Waals surface area contributed by atoms with Crippen molar-refractivity contribution in [3.05, 3.63) is 59.9 Å². The number of nitrogens with one attached hydrogen (secondary N) is 1. The number of anilines is 1. The molecule has 2 heterocycles. The number of nitrogens with zero attached hydrogens (tertiary/aromatic N) is 3. The molecule has 1 fully saturated rings. The number of benzene rings is 2. The summed E-state index contributed by atoms with van der Waals surface area (Å²) in [5.41, 5.74) is 2.51. The van der Waals surface area contributed by atoms with Crippen molar-refractivity contribution in [3.8, 4) is 17.2 Å². The van der Waals surface area contributed by atoms with Gasteiger partial charge in [-0.3, -0.25) is 9.69 Å². The number of aromatic hydroxyl groups is 1.